The average molecular weight is 223 g/mol. The molecule has 15 heavy (non-hydrogen) atoms. The number of hydrogen-bond acceptors (Lipinski definition) is 2. The number of nitrogens with zero attached hydrogens (tertiary/aromatic N) is 1. The lowest BCUT2D eigenvalue weighted by Gasteiger charge is -2.21. The molecule has 0 saturated carbocycles. The zero-order chi connectivity index (χ0) is 11.1. The second-order valence-corrected chi connectivity index (χ2v) is 4.40. The van der Waals surface area contributed by atoms with Crippen LogP contribution in [0, 0.1) is 0 Å². The van der Waals surface area contributed by atoms with Crippen LogP contribution in [-0.4, -0.2) is 17.5 Å². The van der Waals surface area contributed by atoms with Crippen LogP contribution in [0.3, 0.4) is 0 Å². The fourth-order valence-corrected chi connectivity index (χ4v) is 1.96. The molecule has 82 valence electrons. The highest BCUT2D eigenvalue weighted by molar-refractivity contribution is 8.13. The molecule has 0 heterocycles. The van der Waals surface area contributed by atoms with E-state index < -0.39 is 0 Å². The van der Waals surface area contributed by atoms with Gasteiger partial charge in [0.15, 0.2) is 0 Å². The minimum Gasteiger partial charge on any atom is -0.303 e. The van der Waals surface area contributed by atoms with Crippen LogP contribution in [0.1, 0.15) is 20.3 Å². The Morgan fingerprint density at radius 1 is 1.27 bits per heavy atom. The topological polar surface area (TPSA) is 20.3 Å². The van der Waals surface area contributed by atoms with Gasteiger partial charge in [-0.25, -0.2) is 0 Å². The second kappa shape index (κ2) is 6.51. The molecule has 0 aliphatic carbocycles. The molecule has 0 bridgehead atoms. The minimum atomic E-state index is 0.144. The maximum Gasteiger partial charge on any atom is 0.286 e. The quantitative estimate of drug-likeness (QED) is 0.774. The molecule has 0 aliphatic rings. The fourth-order valence-electron chi connectivity index (χ4n) is 1.36. The summed E-state index contributed by atoms with van der Waals surface area (Å²) >= 11 is 1.36. The van der Waals surface area contributed by atoms with Gasteiger partial charge in [0, 0.05) is 12.2 Å². The van der Waals surface area contributed by atoms with Gasteiger partial charge in [-0.15, -0.1) is 0 Å². The van der Waals surface area contributed by atoms with Gasteiger partial charge in [-0.1, -0.05) is 43.8 Å². The molecule has 0 unspecified atom stereocenters. The minimum absolute atomic E-state index is 0.144. The summed E-state index contributed by atoms with van der Waals surface area (Å²) in [5, 5.41) is 0.144. The first-order valence-corrected chi connectivity index (χ1v) is 6.27. The van der Waals surface area contributed by atoms with E-state index in [2.05, 4.69) is 6.92 Å². The van der Waals surface area contributed by atoms with Crippen molar-refractivity contribution in [3.05, 3.63) is 30.3 Å². The SMILES string of the molecule is CCCN(C(=O)SCC)c1ccccc1. The lowest BCUT2D eigenvalue weighted by Crippen LogP contribution is -2.28. The molecule has 0 fully saturated rings. The Morgan fingerprint density at radius 2 is 1.93 bits per heavy atom. The van der Waals surface area contributed by atoms with Gasteiger partial charge in [0.1, 0.15) is 0 Å². The van der Waals surface area contributed by atoms with Crippen molar-refractivity contribution >= 4 is 22.7 Å². The predicted octanol–water partition coefficient (Wildman–Crippen LogP) is 3.78. The largest absolute Gasteiger partial charge is 0.303 e. The maximum absolute atomic E-state index is 11.8. The van der Waals surface area contributed by atoms with Gasteiger partial charge in [-0.05, 0) is 24.3 Å². The standard InChI is InChI=1S/C12H17NOS/c1-3-10-13(12(14)15-4-2)11-8-6-5-7-9-11/h5-9H,3-4,10H2,1-2H3. The Hall–Kier alpha value is -0.960. The molecule has 0 N–H and O–H groups in total. The van der Waals surface area contributed by atoms with Gasteiger partial charge in [0.2, 0.25) is 0 Å². The molecule has 0 aliphatic heterocycles. The van der Waals surface area contributed by atoms with Crippen molar-refractivity contribution < 1.29 is 4.79 Å². The number of amides is 1. The van der Waals surface area contributed by atoms with E-state index in [0.29, 0.717) is 0 Å². The molecule has 2 nitrogen and oxygen atoms in total. The summed E-state index contributed by atoms with van der Waals surface area (Å²) < 4.78 is 0. The molecule has 1 aromatic rings. The van der Waals surface area contributed by atoms with Crippen LogP contribution in [0.25, 0.3) is 0 Å². The number of hydrogen-bond donors (Lipinski definition) is 0. The van der Waals surface area contributed by atoms with Gasteiger partial charge >= 0.3 is 0 Å². The Balaban J connectivity index is 2.78. The number of thioether (sulfide) groups is 1. The normalized spacial score (nSPS) is 10.0. The Kier molecular flexibility index (Phi) is 5.26. The van der Waals surface area contributed by atoms with Crippen molar-refractivity contribution in [1.29, 1.82) is 0 Å². The zero-order valence-corrected chi connectivity index (χ0v) is 10.1. The van der Waals surface area contributed by atoms with Gasteiger partial charge in [-0.3, -0.25) is 4.79 Å². The summed E-state index contributed by atoms with van der Waals surface area (Å²) in [6, 6.07) is 9.84. The fraction of sp³-hybridized carbons (Fsp3) is 0.417. The third kappa shape index (κ3) is 3.59. The van der Waals surface area contributed by atoms with Crippen molar-refractivity contribution in [2.24, 2.45) is 0 Å². The van der Waals surface area contributed by atoms with Crippen molar-refractivity contribution in [2.75, 3.05) is 17.2 Å². The molecule has 0 spiro atoms. The number of benzene rings is 1. The van der Waals surface area contributed by atoms with Crippen LogP contribution in [0.15, 0.2) is 30.3 Å². The van der Waals surface area contributed by atoms with Gasteiger partial charge in [-0.2, -0.15) is 0 Å². The molecular formula is C12H17NOS. The highest BCUT2D eigenvalue weighted by Crippen LogP contribution is 2.19. The number of carbonyl (C=O) groups excluding carboxylic acids is 1. The number of carbonyl (C=O) groups is 1. The van der Waals surface area contributed by atoms with E-state index in [4.69, 9.17) is 0 Å². The summed E-state index contributed by atoms with van der Waals surface area (Å²) in [6.07, 6.45) is 0.977. The van der Waals surface area contributed by atoms with Crippen LogP contribution in [-0.2, 0) is 0 Å². The monoisotopic (exact) mass is 223 g/mol. The summed E-state index contributed by atoms with van der Waals surface area (Å²) in [5.41, 5.74) is 0.991. The zero-order valence-electron chi connectivity index (χ0n) is 9.27. The Bertz CT molecular complexity index is 300. The Labute approximate surface area is 95.7 Å². The van der Waals surface area contributed by atoms with E-state index in [-0.39, 0.29) is 5.24 Å². The van der Waals surface area contributed by atoms with Crippen LogP contribution >= 0.6 is 11.8 Å². The summed E-state index contributed by atoms with van der Waals surface area (Å²) in [5.74, 6) is 0.825. The van der Waals surface area contributed by atoms with Crippen molar-refractivity contribution in [3.63, 3.8) is 0 Å². The van der Waals surface area contributed by atoms with Crippen LogP contribution in [0.5, 0.6) is 0 Å². The molecule has 1 aromatic carbocycles. The lowest BCUT2D eigenvalue weighted by atomic mass is 10.3. The molecular weight excluding hydrogens is 206 g/mol. The summed E-state index contributed by atoms with van der Waals surface area (Å²) in [6.45, 7) is 4.87. The third-order valence-electron chi connectivity index (χ3n) is 2.00. The van der Waals surface area contributed by atoms with E-state index in [0.717, 1.165) is 24.4 Å². The molecule has 0 radical (unpaired) electrons. The van der Waals surface area contributed by atoms with E-state index in [1.165, 1.54) is 11.8 Å². The van der Waals surface area contributed by atoms with Crippen molar-refractivity contribution in [1.82, 2.24) is 0 Å². The maximum atomic E-state index is 11.8. The number of para-hydroxylation sites is 1. The molecule has 1 amide bonds. The average Bonchev–Trinajstić information content (AvgIpc) is 2.27. The first kappa shape index (κ1) is 12.1. The molecule has 1 rings (SSSR count). The number of rotatable bonds is 4. The lowest BCUT2D eigenvalue weighted by molar-refractivity contribution is 0.265. The first-order valence-electron chi connectivity index (χ1n) is 5.29. The van der Waals surface area contributed by atoms with Crippen molar-refractivity contribution in [3.8, 4) is 0 Å². The number of anilines is 1. The summed E-state index contributed by atoms with van der Waals surface area (Å²) in [4.78, 5) is 13.7. The second-order valence-electron chi connectivity index (χ2n) is 3.19. The molecule has 0 atom stereocenters. The molecule has 3 heteroatoms. The van der Waals surface area contributed by atoms with E-state index in [1.807, 2.05) is 42.2 Å². The van der Waals surface area contributed by atoms with Gasteiger partial charge < -0.3 is 4.90 Å². The van der Waals surface area contributed by atoms with E-state index in [9.17, 15) is 4.79 Å². The van der Waals surface area contributed by atoms with Crippen LogP contribution < -0.4 is 4.90 Å². The Morgan fingerprint density at radius 3 is 2.47 bits per heavy atom. The molecule has 0 aromatic heterocycles. The van der Waals surface area contributed by atoms with E-state index in [1.54, 1.807) is 0 Å². The van der Waals surface area contributed by atoms with Gasteiger partial charge in [0.05, 0.1) is 0 Å². The van der Waals surface area contributed by atoms with E-state index >= 15 is 0 Å². The first-order chi connectivity index (χ1) is 7.29. The smallest absolute Gasteiger partial charge is 0.286 e. The predicted molar refractivity (Wildman–Crippen MR) is 67.6 cm³/mol. The van der Waals surface area contributed by atoms with Crippen molar-refractivity contribution in [2.45, 2.75) is 20.3 Å². The third-order valence-corrected chi connectivity index (χ3v) is 2.76. The van der Waals surface area contributed by atoms with Crippen LogP contribution in [0.2, 0.25) is 0 Å². The molecule has 0 saturated heterocycles. The summed E-state index contributed by atoms with van der Waals surface area (Å²) in [7, 11) is 0. The highest BCUT2D eigenvalue weighted by atomic mass is 32.2. The van der Waals surface area contributed by atoms with Crippen LogP contribution in [0.4, 0.5) is 10.5 Å². The van der Waals surface area contributed by atoms with Gasteiger partial charge in [0.25, 0.3) is 5.24 Å². The highest BCUT2D eigenvalue weighted by Gasteiger charge is 2.13.